The molecule has 5 heteroatoms. The summed E-state index contributed by atoms with van der Waals surface area (Å²) in [7, 11) is 0. The van der Waals surface area contributed by atoms with Crippen LogP contribution in [-0.2, 0) is 0 Å². The molecule has 1 heterocycles. The fourth-order valence-electron chi connectivity index (χ4n) is 1.21. The number of hydrogen-bond acceptors (Lipinski definition) is 2. The fourth-order valence-corrected chi connectivity index (χ4v) is 1.75. The Morgan fingerprint density at radius 2 is 2.12 bits per heavy atom. The van der Waals surface area contributed by atoms with Gasteiger partial charge in [-0.2, -0.15) is 0 Å². The number of nitrogens with one attached hydrogen (secondary N) is 1. The maximum atomic E-state index is 13.4. The van der Waals surface area contributed by atoms with Gasteiger partial charge in [0.25, 0.3) is 0 Å². The maximum absolute atomic E-state index is 13.4. The van der Waals surface area contributed by atoms with Crippen molar-refractivity contribution in [1.29, 1.82) is 0 Å². The predicted octanol–water partition coefficient (Wildman–Crippen LogP) is 4.38. The van der Waals surface area contributed by atoms with E-state index in [2.05, 4.69) is 26.2 Å². The Morgan fingerprint density at radius 1 is 1.31 bits per heavy atom. The molecule has 0 fully saturated rings. The molecule has 0 amide bonds. The van der Waals surface area contributed by atoms with E-state index in [1.54, 1.807) is 0 Å². The molecule has 1 aromatic carbocycles. The van der Waals surface area contributed by atoms with Crippen LogP contribution in [0.4, 0.5) is 15.9 Å². The van der Waals surface area contributed by atoms with Crippen molar-refractivity contribution in [2.45, 2.75) is 0 Å². The van der Waals surface area contributed by atoms with E-state index in [4.69, 9.17) is 11.6 Å². The van der Waals surface area contributed by atoms with Crippen LogP contribution < -0.4 is 5.32 Å². The van der Waals surface area contributed by atoms with Gasteiger partial charge in [-0.05, 0) is 24.3 Å². The molecule has 0 atom stereocenters. The highest BCUT2D eigenvalue weighted by Gasteiger charge is 2.04. The summed E-state index contributed by atoms with van der Waals surface area (Å²) in [6.45, 7) is 0. The van der Waals surface area contributed by atoms with Gasteiger partial charge in [-0.25, -0.2) is 9.37 Å². The summed E-state index contributed by atoms with van der Waals surface area (Å²) in [5, 5.41) is 3.14. The predicted molar refractivity (Wildman–Crippen MR) is 66.6 cm³/mol. The lowest BCUT2D eigenvalue weighted by molar-refractivity contribution is 0.626. The van der Waals surface area contributed by atoms with E-state index >= 15 is 0 Å². The molecule has 1 aromatic heterocycles. The van der Waals surface area contributed by atoms with Crippen LogP contribution in [0.25, 0.3) is 0 Å². The zero-order valence-corrected chi connectivity index (χ0v) is 10.4. The number of rotatable bonds is 2. The van der Waals surface area contributed by atoms with Crippen molar-refractivity contribution >= 4 is 39.0 Å². The van der Waals surface area contributed by atoms with E-state index in [9.17, 15) is 4.39 Å². The minimum absolute atomic E-state index is 0.155. The van der Waals surface area contributed by atoms with Crippen LogP contribution in [0, 0.1) is 5.82 Å². The maximum Gasteiger partial charge on any atom is 0.167 e. The number of halogens is 3. The molecule has 0 saturated heterocycles. The van der Waals surface area contributed by atoms with E-state index < -0.39 is 5.82 Å². The first-order valence-corrected chi connectivity index (χ1v) is 5.66. The van der Waals surface area contributed by atoms with E-state index in [1.807, 2.05) is 24.3 Å². The highest BCUT2D eigenvalue weighted by atomic mass is 79.9. The van der Waals surface area contributed by atoms with Gasteiger partial charge in [-0.1, -0.05) is 33.6 Å². The Bertz CT molecular complexity index is 519. The third kappa shape index (κ3) is 2.71. The standard InChI is InChI=1S/C11H7BrClFN2/c12-7-2-1-3-9(4-7)16-11-10(14)5-8(13)6-15-11/h1-6H,(H,15,16). The fraction of sp³-hybridized carbons (Fsp3) is 0. The summed E-state index contributed by atoms with van der Waals surface area (Å²) in [5.74, 6) is -0.324. The number of pyridine rings is 1. The van der Waals surface area contributed by atoms with Gasteiger partial charge in [-0.15, -0.1) is 0 Å². The van der Waals surface area contributed by atoms with Crippen LogP contribution in [0.2, 0.25) is 5.02 Å². The molecule has 0 aliphatic heterocycles. The largest absolute Gasteiger partial charge is 0.338 e. The quantitative estimate of drug-likeness (QED) is 0.890. The summed E-state index contributed by atoms with van der Waals surface area (Å²) >= 11 is 8.94. The summed E-state index contributed by atoms with van der Waals surface area (Å²) in [5.41, 5.74) is 0.753. The Labute approximate surface area is 106 Å². The summed E-state index contributed by atoms with van der Waals surface area (Å²) in [4.78, 5) is 3.87. The SMILES string of the molecule is Fc1cc(Cl)cnc1Nc1cccc(Br)c1. The summed E-state index contributed by atoms with van der Waals surface area (Å²) < 4.78 is 14.3. The zero-order chi connectivity index (χ0) is 11.5. The van der Waals surface area contributed by atoms with Gasteiger partial charge in [0, 0.05) is 16.4 Å². The monoisotopic (exact) mass is 300 g/mol. The van der Waals surface area contributed by atoms with E-state index in [0.29, 0.717) is 0 Å². The van der Waals surface area contributed by atoms with Crippen LogP contribution in [0.5, 0.6) is 0 Å². The molecule has 16 heavy (non-hydrogen) atoms. The number of anilines is 2. The smallest absolute Gasteiger partial charge is 0.167 e. The van der Waals surface area contributed by atoms with Crippen LogP contribution in [0.15, 0.2) is 41.0 Å². The molecule has 82 valence electrons. The lowest BCUT2D eigenvalue weighted by Gasteiger charge is -2.06. The zero-order valence-electron chi connectivity index (χ0n) is 8.05. The molecule has 0 bridgehead atoms. The highest BCUT2D eigenvalue weighted by Crippen LogP contribution is 2.22. The molecule has 1 N–H and O–H groups in total. The first kappa shape index (κ1) is 11.4. The number of nitrogens with zero attached hydrogens (tertiary/aromatic N) is 1. The van der Waals surface area contributed by atoms with Gasteiger partial charge >= 0.3 is 0 Å². The van der Waals surface area contributed by atoms with Crippen LogP contribution in [0.1, 0.15) is 0 Å². The molecule has 2 aromatic rings. The van der Waals surface area contributed by atoms with Crippen LogP contribution in [0.3, 0.4) is 0 Å². The first-order valence-electron chi connectivity index (χ1n) is 4.49. The average Bonchev–Trinajstić information content (AvgIpc) is 2.22. The van der Waals surface area contributed by atoms with Gasteiger partial charge in [-0.3, -0.25) is 0 Å². The second kappa shape index (κ2) is 4.80. The second-order valence-electron chi connectivity index (χ2n) is 3.12. The molecule has 0 spiro atoms. The second-order valence-corrected chi connectivity index (χ2v) is 4.47. The van der Waals surface area contributed by atoms with Crippen molar-refractivity contribution in [2.24, 2.45) is 0 Å². The molecular weight excluding hydrogens is 294 g/mol. The van der Waals surface area contributed by atoms with Crippen molar-refractivity contribution in [3.8, 4) is 0 Å². The normalized spacial score (nSPS) is 10.2. The molecule has 2 rings (SSSR count). The van der Waals surface area contributed by atoms with Gasteiger partial charge in [0.15, 0.2) is 11.6 Å². The number of benzene rings is 1. The molecule has 0 aliphatic carbocycles. The highest BCUT2D eigenvalue weighted by molar-refractivity contribution is 9.10. The molecule has 0 saturated carbocycles. The van der Waals surface area contributed by atoms with E-state index in [1.165, 1.54) is 12.3 Å². The van der Waals surface area contributed by atoms with Gasteiger partial charge in [0.1, 0.15) is 0 Å². The lowest BCUT2D eigenvalue weighted by atomic mass is 10.3. The third-order valence-electron chi connectivity index (χ3n) is 1.90. The Kier molecular flexibility index (Phi) is 3.41. The first-order chi connectivity index (χ1) is 7.65. The molecule has 0 aliphatic rings. The summed E-state index contributed by atoms with van der Waals surface area (Å²) in [6, 6.07) is 8.60. The van der Waals surface area contributed by atoms with Crippen molar-refractivity contribution in [3.05, 3.63) is 51.8 Å². The molecule has 0 radical (unpaired) electrons. The number of aromatic nitrogens is 1. The summed E-state index contributed by atoms with van der Waals surface area (Å²) in [6.07, 6.45) is 1.39. The topological polar surface area (TPSA) is 24.9 Å². The molecule has 0 unspecified atom stereocenters. The third-order valence-corrected chi connectivity index (χ3v) is 2.60. The minimum atomic E-state index is -0.479. The Balaban J connectivity index is 2.27. The van der Waals surface area contributed by atoms with Gasteiger partial charge < -0.3 is 5.32 Å². The minimum Gasteiger partial charge on any atom is -0.338 e. The van der Waals surface area contributed by atoms with Gasteiger partial charge in [0.2, 0.25) is 0 Å². The Morgan fingerprint density at radius 3 is 2.81 bits per heavy atom. The van der Waals surface area contributed by atoms with Crippen molar-refractivity contribution in [1.82, 2.24) is 4.98 Å². The van der Waals surface area contributed by atoms with Crippen LogP contribution >= 0.6 is 27.5 Å². The molecular formula is C11H7BrClFN2. The van der Waals surface area contributed by atoms with Crippen molar-refractivity contribution in [3.63, 3.8) is 0 Å². The van der Waals surface area contributed by atoms with Crippen molar-refractivity contribution in [2.75, 3.05) is 5.32 Å². The average molecular weight is 302 g/mol. The lowest BCUT2D eigenvalue weighted by Crippen LogP contribution is -1.96. The number of hydrogen-bond donors (Lipinski definition) is 1. The van der Waals surface area contributed by atoms with E-state index in [-0.39, 0.29) is 10.8 Å². The van der Waals surface area contributed by atoms with Crippen LogP contribution in [-0.4, -0.2) is 4.98 Å². The van der Waals surface area contributed by atoms with E-state index in [0.717, 1.165) is 10.2 Å². The Hall–Kier alpha value is -1.13. The van der Waals surface area contributed by atoms with Gasteiger partial charge in [0.05, 0.1) is 5.02 Å². The molecule has 2 nitrogen and oxygen atoms in total. The van der Waals surface area contributed by atoms with Crippen molar-refractivity contribution < 1.29 is 4.39 Å².